The Morgan fingerprint density at radius 2 is 1.92 bits per heavy atom. The van der Waals surface area contributed by atoms with Crippen LogP contribution >= 0.6 is 0 Å². The van der Waals surface area contributed by atoms with Crippen LogP contribution in [0.25, 0.3) is 16.7 Å². The van der Waals surface area contributed by atoms with Crippen LogP contribution in [-0.2, 0) is 0 Å². The van der Waals surface area contributed by atoms with E-state index in [0.717, 1.165) is 16.6 Å². The molecule has 1 amide bonds. The van der Waals surface area contributed by atoms with Gasteiger partial charge in [0.1, 0.15) is 0 Å². The van der Waals surface area contributed by atoms with Gasteiger partial charge in [0.05, 0.1) is 16.8 Å². The Bertz CT molecular complexity index is 988. The summed E-state index contributed by atoms with van der Waals surface area (Å²) in [6.07, 6.45) is 6.74. The molecule has 0 aliphatic rings. The first kappa shape index (κ1) is 14.1. The average Bonchev–Trinajstić information content (AvgIpc) is 3.17. The predicted molar refractivity (Wildman–Crippen MR) is 91.1 cm³/mol. The maximum atomic E-state index is 12.5. The summed E-state index contributed by atoms with van der Waals surface area (Å²) in [5.74, 6) is 0.441. The Labute approximate surface area is 137 Å². The highest BCUT2D eigenvalue weighted by Crippen LogP contribution is 2.21. The Kier molecular flexibility index (Phi) is 3.47. The number of hydrogen-bond acceptors (Lipinski definition) is 4. The van der Waals surface area contributed by atoms with Gasteiger partial charge in [0, 0.05) is 30.2 Å². The minimum absolute atomic E-state index is 0.217. The molecule has 0 saturated carbocycles. The number of nitrogens with one attached hydrogen (secondary N) is 1. The van der Waals surface area contributed by atoms with Gasteiger partial charge in [0.25, 0.3) is 5.91 Å². The van der Waals surface area contributed by atoms with Crippen LogP contribution in [0.15, 0.2) is 73.3 Å². The molecule has 0 atom stereocenters. The van der Waals surface area contributed by atoms with Crippen LogP contribution in [0.4, 0.5) is 5.69 Å². The highest BCUT2D eigenvalue weighted by atomic mass is 16.1. The fraction of sp³-hybridized carbons (Fsp3) is 0. The van der Waals surface area contributed by atoms with E-state index in [-0.39, 0.29) is 5.91 Å². The van der Waals surface area contributed by atoms with Crippen LogP contribution in [0, 0.1) is 0 Å². The standard InChI is InChI=1S/C18H13N5O/c24-18(13-7-8-17(20-12-13)23-11-3-10-21-23)22-16-6-1-5-15-14(16)4-2-9-19-15/h1-12H,(H,22,24). The molecule has 3 heterocycles. The number of benzene rings is 1. The molecule has 3 aromatic heterocycles. The summed E-state index contributed by atoms with van der Waals surface area (Å²) >= 11 is 0. The summed E-state index contributed by atoms with van der Waals surface area (Å²) in [6.45, 7) is 0. The maximum absolute atomic E-state index is 12.5. The Morgan fingerprint density at radius 3 is 2.71 bits per heavy atom. The van der Waals surface area contributed by atoms with Crippen molar-refractivity contribution in [1.29, 1.82) is 0 Å². The number of carbonyl (C=O) groups is 1. The summed E-state index contributed by atoms with van der Waals surface area (Å²) in [5.41, 5.74) is 2.04. The molecule has 24 heavy (non-hydrogen) atoms. The third-order valence-electron chi connectivity index (χ3n) is 3.64. The van der Waals surface area contributed by atoms with Crippen LogP contribution in [0.3, 0.4) is 0 Å². The zero-order valence-corrected chi connectivity index (χ0v) is 12.6. The van der Waals surface area contributed by atoms with Gasteiger partial charge in [-0.2, -0.15) is 5.10 Å². The quantitative estimate of drug-likeness (QED) is 0.630. The molecule has 0 bridgehead atoms. The number of fused-ring (bicyclic) bond motifs is 1. The minimum atomic E-state index is -0.217. The third-order valence-corrected chi connectivity index (χ3v) is 3.64. The molecule has 1 N–H and O–H groups in total. The first-order valence-corrected chi connectivity index (χ1v) is 7.42. The van der Waals surface area contributed by atoms with E-state index in [1.807, 2.05) is 36.4 Å². The Hall–Kier alpha value is -3.54. The zero-order valence-electron chi connectivity index (χ0n) is 12.6. The fourth-order valence-electron chi connectivity index (χ4n) is 2.47. The number of amides is 1. The van der Waals surface area contributed by atoms with Crippen molar-refractivity contribution in [2.75, 3.05) is 5.32 Å². The van der Waals surface area contributed by atoms with Gasteiger partial charge in [-0.1, -0.05) is 6.07 Å². The first-order valence-electron chi connectivity index (χ1n) is 7.42. The highest BCUT2D eigenvalue weighted by Gasteiger charge is 2.09. The Balaban J connectivity index is 1.60. The number of hydrogen-bond donors (Lipinski definition) is 1. The van der Waals surface area contributed by atoms with Crippen molar-refractivity contribution in [3.8, 4) is 5.82 Å². The molecule has 4 aromatic rings. The molecule has 116 valence electrons. The molecule has 6 nitrogen and oxygen atoms in total. The third kappa shape index (κ3) is 2.61. The summed E-state index contributed by atoms with van der Waals surface area (Å²) in [7, 11) is 0. The first-order chi connectivity index (χ1) is 11.8. The normalized spacial score (nSPS) is 10.7. The molecule has 1 aromatic carbocycles. The molecule has 6 heteroatoms. The van der Waals surface area contributed by atoms with Crippen molar-refractivity contribution >= 4 is 22.5 Å². The molecule has 0 aliphatic carbocycles. The van der Waals surface area contributed by atoms with Gasteiger partial charge in [-0.25, -0.2) is 9.67 Å². The second kappa shape index (κ2) is 5.92. The summed E-state index contributed by atoms with van der Waals surface area (Å²) in [5, 5.41) is 7.92. The highest BCUT2D eigenvalue weighted by molar-refractivity contribution is 6.08. The zero-order chi connectivity index (χ0) is 16.4. The lowest BCUT2D eigenvalue weighted by molar-refractivity contribution is 0.102. The van der Waals surface area contributed by atoms with Crippen molar-refractivity contribution in [3.63, 3.8) is 0 Å². The van der Waals surface area contributed by atoms with Gasteiger partial charge in [-0.15, -0.1) is 0 Å². The fourth-order valence-corrected chi connectivity index (χ4v) is 2.47. The van der Waals surface area contributed by atoms with E-state index < -0.39 is 0 Å². The van der Waals surface area contributed by atoms with Crippen molar-refractivity contribution < 1.29 is 4.79 Å². The van der Waals surface area contributed by atoms with E-state index in [0.29, 0.717) is 11.4 Å². The molecular formula is C18H13N5O. The summed E-state index contributed by atoms with van der Waals surface area (Å²) in [6, 6.07) is 14.7. The smallest absolute Gasteiger partial charge is 0.257 e. The molecule has 0 fully saturated rings. The second-order valence-corrected chi connectivity index (χ2v) is 5.19. The van der Waals surface area contributed by atoms with Gasteiger partial charge in [0.15, 0.2) is 5.82 Å². The van der Waals surface area contributed by atoms with E-state index in [2.05, 4.69) is 20.4 Å². The van der Waals surface area contributed by atoms with Crippen molar-refractivity contribution in [3.05, 3.63) is 78.9 Å². The maximum Gasteiger partial charge on any atom is 0.257 e. The van der Waals surface area contributed by atoms with Gasteiger partial charge in [-0.3, -0.25) is 9.78 Å². The summed E-state index contributed by atoms with van der Waals surface area (Å²) in [4.78, 5) is 21.0. The van der Waals surface area contributed by atoms with Crippen LogP contribution < -0.4 is 5.32 Å². The second-order valence-electron chi connectivity index (χ2n) is 5.19. The SMILES string of the molecule is O=C(Nc1cccc2ncccc12)c1ccc(-n2cccn2)nc1. The topological polar surface area (TPSA) is 72.7 Å². The van der Waals surface area contributed by atoms with Crippen molar-refractivity contribution in [1.82, 2.24) is 19.7 Å². The molecular weight excluding hydrogens is 302 g/mol. The number of anilines is 1. The number of nitrogens with zero attached hydrogens (tertiary/aromatic N) is 4. The van der Waals surface area contributed by atoms with E-state index in [4.69, 9.17) is 0 Å². The number of carbonyl (C=O) groups excluding carboxylic acids is 1. The molecule has 0 spiro atoms. The van der Waals surface area contributed by atoms with Crippen LogP contribution in [0.2, 0.25) is 0 Å². The molecule has 0 saturated heterocycles. The van der Waals surface area contributed by atoms with Gasteiger partial charge < -0.3 is 5.32 Å². The monoisotopic (exact) mass is 315 g/mol. The van der Waals surface area contributed by atoms with Crippen molar-refractivity contribution in [2.24, 2.45) is 0 Å². The largest absolute Gasteiger partial charge is 0.321 e. The lowest BCUT2D eigenvalue weighted by atomic mass is 10.1. The van der Waals surface area contributed by atoms with Gasteiger partial charge >= 0.3 is 0 Å². The number of pyridine rings is 2. The van der Waals surface area contributed by atoms with E-state index in [9.17, 15) is 4.79 Å². The average molecular weight is 315 g/mol. The van der Waals surface area contributed by atoms with Crippen molar-refractivity contribution in [2.45, 2.75) is 0 Å². The molecule has 0 unspecified atom stereocenters. The molecule has 4 rings (SSSR count). The van der Waals surface area contributed by atoms with Crippen LogP contribution in [-0.4, -0.2) is 25.7 Å². The van der Waals surface area contributed by atoms with E-state index >= 15 is 0 Å². The van der Waals surface area contributed by atoms with E-state index in [1.54, 1.807) is 35.4 Å². The Morgan fingerprint density at radius 1 is 0.958 bits per heavy atom. The van der Waals surface area contributed by atoms with Crippen LogP contribution in [0.1, 0.15) is 10.4 Å². The molecule has 0 aliphatic heterocycles. The van der Waals surface area contributed by atoms with Gasteiger partial charge in [-0.05, 0) is 42.5 Å². The predicted octanol–water partition coefficient (Wildman–Crippen LogP) is 3.07. The summed E-state index contributed by atoms with van der Waals surface area (Å²) < 4.78 is 1.64. The molecule has 0 radical (unpaired) electrons. The lowest BCUT2D eigenvalue weighted by Crippen LogP contribution is -2.13. The van der Waals surface area contributed by atoms with Crippen LogP contribution in [0.5, 0.6) is 0 Å². The number of aromatic nitrogens is 4. The lowest BCUT2D eigenvalue weighted by Gasteiger charge is -2.08. The minimum Gasteiger partial charge on any atom is -0.321 e. The van der Waals surface area contributed by atoms with Gasteiger partial charge in [0.2, 0.25) is 0 Å². The van der Waals surface area contributed by atoms with E-state index in [1.165, 1.54) is 6.20 Å². The number of rotatable bonds is 3.